The molecule has 0 saturated carbocycles. The van der Waals surface area contributed by atoms with E-state index in [0.29, 0.717) is 33.6 Å². The van der Waals surface area contributed by atoms with Crippen molar-refractivity contribution in [2.75, 3.05) is 11.9 Å². The van der Waals surface area contributed by atoms with Crippen LogP contribution in [0.1, 0.15) is 53.8 Å². The Labute approximate surface area is 184 Å². The van der Waals surface area contributed by atoms with Crippen LogP contribution in [0, 0.1) is 6.92 Å². The average molecular weight is 446 g/mol. The zero-order chi connectivity index (χ0) is 21.4. The number of likely N-dealkylation sites (tertiary alicyclic amines) is 1. The molecule has 0 spiro atoms. The predicted molar refractivity (Wildman–Crippen MR) is 116 cm³/mol. The highest BCUT2D eigenvalue weighted by Crippen LogP contribution is 2.34. The highest BCUT2D eigenvalue weighted by molar-refractivity contribution is 6.31. The van der Waals surface area contributed by atoms with Gasteiger partial charge in [0.05, 0.1) is 23.0 Å². The average Bonchev–Trinajstić information content (AvgIpc) is 3.11. The first-order valence-corrected chi connectivity index (χ1v) is 10.5. The minimum atomic E-state index is -0.250. The third-order valence-electron chi connectivity index (χ3n) is 5.22. The molecule has 1 N–H and O–H groups in total. The second-order valence-corrected chi connectivity index (χ2v) is 8.26. The maximum atomic E-state index is 13.5. The summed E-state index contributed by atoms with van der Waals surface area (Å²) in [4.78, 5) is 31.3. The molecule has 9 heteroatoms. The fraction of sp³-hybridized carbons (Fsp3) is 0.333. The number of carbonyl (C=O) groups excluding carboxylic acids is 2. The third-order valence-corrected chi connectivity index (χ3v) is 5.83. The van der Waals surface area contributed by atoms with Crippen LogP contribution in [0.25, 0.3) is 5.65 Å². The minimum absolute atomic E-state index is 0.190. The van der Waals surface area contributed by atoms with Crippen LogP contribution in [-0.4, -0.2) is 37.9 Å². The SMILES string of the molecule is CC(=O)Nc1ccc(Cl)cc1C(=O)N1CCCC[C@H]1c1cc2nc(Cl)c(C)cn2n1. The predicted octanol–water partition coefficient (Wildman–Crippen LogP) is 4.67. The van der Waals surface area contributed by atoms with E-state index < -0.39 is 0 Å². The molecule has 1 saturated heterocycles. The number of halogens is 2. The Bertz CT molecular complexity index is 1100. The standard InChI is InChI=1S/C21H21Cl2N5O2/c1-12-11-28-19(25-20(12)23)10-17(26-28)18-5-3-4-8-27(18)21(30)15-9-14(22)6-7-16(15)24-13(2)29/h6-7,9-11,18H,3-5,8H2,1-2H3,(H,24,29)/t18-/m0/s1. The molecule has 1 aliphatic rings. The summed E-state index contributed by atoms with van der Waals surface area (Å²) < 4.78 is 1.69. The highest BCUT2D eigenvalue weighted by atomic mass is 35.5. The van der Waals surface area contributed by atoms with Crippen LogP contribution in [0.2, 0.25) is 10.2 Å². The van der Waals surface area contributed by atoms with E-state index in [2.05, 4.69) is 15.4 Å². The number of fused-ring (bicyclic) bond motifs is 1. The maximum absolute atomic E-state index is 13.5. The number of aromatic nitrogens is 3. The quantitative estimate of drug-likeness (QED) is 0.593. The van der Waals surface area contributed by atoms with E-state index in [1.807, 2.05) is 19.2 Å². The number of nitrogens with one attached hydrogen (secondary N) is 1. The fourth-order valence-corrected chi connectivity index (χ4v) is 4.11. The lowest BCUT2D eigenvalue weighted by atomic mass is 9.98. The van der Waals surface area contributed by atoms with Gasteiger partial charge in [0, 0.05) is 36.3 Å². The molecule has 7 nitrogen and oxygen atoms in total. The first-order chi connectivity index (χ1) is 14.3. The van der Waals surface area contributed by atoms with E-state index in [0.717, 1.165) is 30.5 Å². The first-order valence-electron chi connectivity index (χ1n) is 9.74. The van der Waals surface area contributed by atoms with Crippen LogP contribution >= 0.6 is 23.2 Å². The maximum Gasteiger partial charge on any atom is 0.256 e. The summed E-state index contributed by atoms with van der Waals surface area (Å²) in [5.41, 5.74) is 3.04. The first kappa shape index (κ1) is 20.6. The van der Waals surface area contributed by atoms with E-state index in [-0.39, 0.29) is 17.9 Å². The number of aryl methyl sites for hydroxylation is 1. The number of rotatable bonds is 3. The van der Waals surface area contributed by atoms with Gasteiger partial charge < -0.3 is 10.2 Å². The number of piperidine rings is 1. The molecule has 1 aromatic carbocycles. The summed E-state index contributed by atoms with van der Waals surface area (Å²) in [7, 11) is 0. The molecule has 1 atom stereocenters. The summed E-state index contributed by atoms with van der Waals surface area (Å²) in [5.74, 6) is -0.439. The summed E-state index contributed by atoms with van der Waals surface area (Å²) in [6.45, 7) is 3.87. The molecule has 0 aliphatic carbocycles. The topological polar surface area (TPSA) is 79.6 Å². The van der Waals surface area contributed by atoms with E-state index in [1.165, 1.54) is 6.92 Å². The number of hydrogen-bond donors (Lipinski definition) is 1. The second-order valence-electron chi connectivity index (χ2n) is 7.47. The molecule has 0 bridgehead atoms. The monoisotopic (exact) mass is 445 g/mol. The van der Waals surface area contributed by atoms with E-state index >= 15 is 0 Å². The largest absolute Gasteiger partial charge is 0.330 e. The molecular formula is C21H21Cl2N5O2. The normalized spacial score (nSPS) is 16.7. The summed E-state index contributed by atoms with van der Waals surface area (Å²) in [5, 5.41) is 8.25. The Morgan fingerprint density at radius 2 is 2.00 bits per heavy atom. The van der Waals surface area contributed by atoms with Crippen molar-refractivity contribution in [1.29, 1.82) is 0 Å². The van der Waals surface area contributed by atoms with E-state index in [4.69, 9.17) is 23.2 Å². The van der Waals surface area contributed by atoms with Crippen LogP contribution in [0.15, 0.2) is 30.5 Å². The number of hydrogen-bond acceptors (Lipinski definition) is 4. The van der Waals surface area contributed by atoms with Crippen molar-refractivity contribution in [1.82, 2.24) is 19.5 Å². The Kier molecular flexibility index (Phi) is 5.66. The van der Waals surface area contributed by atoms with Crippen molar-refractivity contribution in [3.05, 3.63) is 57.5 Å². The Morgan fingerprint density at radius 1 is 1.20 bits per heavy atom. The molecule has 2 aromatic heterocycles. The van der Waals surface area contributed by atoms with Gasteiger partial charge in [0.15, 0.2) is 5.65 Å². The molecule has 1 aliphatic heterocycles. The number of benzene rings is 1. The van der Waals surface area contributed by atoms with E-state index in [1.54, 1.807) is 27.6 Å². The van der Waals surface area contributed by atoms with Gasteiger partial charge in [-0.15, -0.1) is 0 Å². The van der Waals surface area contributed by atoms with Crippen LogP contribution in [-0.2, 0) is 4.79 Å². The van der Waals surface area contributed by atoms with Gasteiger partial charge in [-0.3, -0.25) is 9.59 Å². The minimum Gasteiger partial charge on any atom is -0.330 e. The second kappa shape index (κ2) is 8.24. The number of carbonyl (C=O) groups is 2. The lowest BCUT2D eigenvalue weighted by Crippen LogP contribution is -2.39. The molecule has 156 valence electrons. The Morgan fingerprint density at radius 3 is 2.77 bits per heavy atom. The van der Waals surface area contributed by atoms with Gasteiger partial charge in [0.25, 0.3) is 5.91 Å². The lowest BCUT2D eigenvalue weighted by Gasteiger charge is -2.35. The van der Waals surface area contributed by atoms with Crippen molar-refractivity contribution in [2.45, 2.75) is 39.2 Å². The van der Waals surface area contributed by atoms with Crippen LogP contribution < -0.4 is 5.32 Å². The van der Waals surface area contributed by atoms with E-state index in [9.17, 15) is 9.59 Å². The smallest absolute Gasteiger partial charge is 0.256 e. The number of anilines is 1. The zero-order valence-corrected chi connectivity index (χ0v) is 18.2. The van der Waals surface area contributed by atoms with Gasteiger partial charge in [-0.25, -0.2) is 9.50 Å². The fourth-order valence-electron chi connectivity index (χ4n) is 3.80. The zero-order valence-electron chi connectivity index (χ0n) is 16.7. The molecule has 0 unspecified atom stereocenters. The molecule has 0 radical (unpaired) electrons. The summed E-state index contributed by atoms with van der Waals surface area (Å²) in [6.07, 6.45) is 4.51. The molecule has 1 fully saturated rings. The van der Waals surface area contributed by atoms with Gasteiger partial charge >= 0.3 is 0 Å². The number of amides is 2. The van der Waals surface area contributed by atoms with Gasteiger partial charge in [-0.2, -0.15) is 5.10 Å². The van der Waals surface area contributed by atoms with Crippen LogP contribution in [0.5, 0.6) is 0 Å². The molecule has 3 heterocycles. The third kappa shape index (κ3) is 4.00. The Balaban J connectivity index is 1.72. The van der Waals surface area contributed by atoms with Gasteiger partial charge in [0.2, 0.25) is 5.91 Å². The molecule has 30 heavy (non-hydrogen) atoms. The van der Waals surface area contributed by atoms with Gasteiger partial charge in [-0.05, 0) is 44.4 Å². The summed E-state index contributed by atoms with van der Waals surface area (Å²) in [6, 6.07) is 6.56. The van der Waals surface area contributed by atoms with Crippen molar-refractivity contribution >= 4 is 46.4 Å². The highest BCUT2D eigenvalue weighted by Gasteiger charge is 2.32. The molecular weight excluding hydrogens is 425 g/mol. The molecule has 3 aromatic rings. The van der Waals surface area contributed by atoms with Crippen molar-refractivity contribution in [2.24, 2.45) is 0 Å². The summed E-state index contributed by atoms with van der Waals surface area (Å²) >= 11 is 12.3. The van der Waals surface area contributed by atoms with Crippen LogP contribution in [0.3, 0.4) is 0 Å². The molecule has 4 rings (SSSR count). The lowest BCUT2D eigenvalue weighted by molar-refractivity contribution is -0.114. The van der Waals surface area contributed by atoms with Gasteiger partial charge in [0.1, 0.15) is 5.15 Å². The Hall–Kier alpha value is -2.64. The van der Waals surface area contributed by atoms with Crippen molar-refractivity contribution < 1.29 is 9.59 Å². The molecule has 2 amide bonds. The van der Waals surface area contributed by atoms with Crippen LogP contribution in [0.4, 0.5) is 5.69 Å². The van der Waals surface area contributed by atoms with Crippen molar-refractivity contribution in [3.63, 3.8) is 0 Å². The van der Waals surface area contributed by atoms with Crippen molar-refractivity contribution in [3.8, 4) is 0 Å². The van der Waals surface area contributed by atoms with Gasteiger partial charge in [-0.1, -0.05) is 23.2 Å². The number of nitrogens with zero attached hydrogens (tertiary/aromatic N) is 4.